The fourth-order valence-electron chi connectivity index (χ4n) is 4.70. The zero-order valence-electron chi connectivity index (χ0n) is 19.3. The summed E-state index contributed by atoms with van der Waals surface area (Å²) < 4.78 is 0. The zero-order valence-corrected chi connectivity index (χ0v) is 21.1. The van der Waals surface area contributed by atoms with Gasteiger partial charge in [-0.05, 0) is 61.4 Å². The lowest BCUT2D eigenvalue weighted by Crippen LogP contribution is -2.25. The monoisotopic (exact) mass is 456 g/mol. The van der Waals surface area contributed by atoms with Crippen LogP contribution in [0.4, 0.5) is 0 Å². The molecule has 0 bridgehead atoms. The van der Waals surface area contributed by atoms with E-state index < -0.39 is 14.5 Å². The molecule has 0 spiro atoms. The lowest BCUT2D eigenvalue weighted by atomic mass is 10.4. The minimum Gasteiger partial charge on any atom is -0.0620 e. The van der Waals surface area contributed by atoms with Crippen molar-refractivity contribution >= 4 is 35.7 Å². The molecule has 0 aliphatic heterocycles. The largest absolute Gasteiger partial charge is 0.0988 e. The molecule has 2 heteroatoms. The second kappa shape index (κ2) is 10.6. The summed E-state index contributed by atoms with van der Waals surface area (Å²) in [5.41, 5.74) is 0. The van der Waals surface area contributed by atoms with Gasteiger partial charge in [0.25, 0.3) is 0 Å². The van der Waals surface area contributed by atoms with E-state index in [0.29, 0.717) is 0 Å². The van der Waals surface area contributed by atoms with Crippen LogP contribution in [0.3, 0.4) is 0 Å². The van der Waals surface area contributed by atoms with Crippen molar-refractivity contribution in [3.05, 3.63) is 121 Å². The molecule has 0 aliphatic rings. The first-order valence-electron chi connectivity index (χ1n) is 11.6. The lowest BCUT2D eigenvalue weighted by molar-refractivity contribution is 0.896. The van der Waals surface area contributed by atoms with Gasteiger partial charge in [-0.1, -0.05) is 72.8 Å². The third kappa shape index (κ3) is 5.04. The molecule has 32 heavy (non-hydrogen) atoms. The molecule has 4 aromatic rings. The Morgan fingerprint density at radius 1 is 0.375 bits per heavy atom. The van der Waals surface area contributed by atoms with Crippen LogP contribution in [0.25, 0.3) is 0 Å². The van der Waals surface area contributed by atoms with Crippen LogP contribution in [0.2, 0.25) is 0 Å². The molecular weight excluding hydrogens is 422 g/mol. The van der Waals surface area contributed by atoms with Gasteiger partial charge in [0.15, 0.2) is 0 Å². The average molecular weight is 457 g/mol. The Balaban J connectivity index is 1.54. The fourth-order valence-corrected chi connectivity index (χ4v) is 11.4. The number of rotatable bonds is 9. The smallest absolute Gasteiger partial charge is 0.0620 e. The van der Waals surface area contributed by atoms with Crippen LogP contribution >= 0.6 is 14.5 Å². The van der Waals surface area contributed by atoms with Crippen molar-refractivity contribution in [1.29, 1.82) is 0 Å². The molecule has 0 saturated heterocycles. The van der Waals surface area contributed by atoms with Gasteiger partial charge in [-0.15, -0.1) is 0 Å². The predicted molar refractivity (Wildman–Crippen MR) is 149 cm³/mol. The van der Waals surface area contributed by atoms with E-state index in [0.717, 1.165) is 0 Å². The van der Waals surface area contributed by atoms with Crippen molar-refractivity contribution < 1.29 is 0 Å². The Bertz CT molecular complexity index is 907. The molecule has 162 valence electrons. The summed E-state index contributed by atoms with van der Waals surface area (Å²) >= 11 is 0. The van der Waals surface area contributed by atoms with Gasteiger partial charge in [0.2, 0.25) is 0 Å². The van der Waals surface area contributed by atoms with E-state index in [2.05, 4.69) is 135 Å². The topological polar surface area (TPSA) is 0 Å². The highest BCUT2D eigenvalue weighted by Gasteiger charge is 2.39. The summed E-state index contributed by atoms with van der Waals surface area (Å²) in [6, 6.07) is 44.8. The average Bonchev–Trinajstić information content (AvgIpc) is 2.88. The van der Waals surface area contributed by atoms with Crippen LogP contribution in [0.5, 0.6) is 0 Å². The molecule has 4 aromatic carbocycles. The molecule has 0 amide bonds. The van der Waals surface area contributed by atoms with E-state index in [9.17, 15) is 0 Å². The number of unbranched alkanes of at least 4 members (excludes halogenated alkanes) is 1. The highest BCUT2D eigenvalue weighted by atomic mass is 31.2. The van der Waals surface area contributed by atoms with Gasteiger partial charge < -0.3 is 0 Å². The van der Waals surface area contributed by atoms with Crippen molar-refractivity contribution in [3.63, 3.8) is 0 Å². The molecule has 0 atom stereocenters. The first kappa shape index (κ1) is 22.9. The minimum absolute atomic E-state index is 1.27. The van der Waals surface area contributed by atoms with Crippen molar-refractivity contribution in [2.24, 2.45) is 0 Å². The van der Waals surface area contributed by atoms with Gasteiger partial charge in [-0.25, -0.2) is 0 Å². The van der Waals surface area contributed by atoms with E-state index in [1.165, 1.54) is 46.4 Å². The van der Waals surface area contributed by atoms with Gasteiger partial charge in [-0.3, -0.25) is 0 Å². The van der Waals surface area contributed by atoms with Crippen molar-refractivity contribution in [1.82, 2.24) is 0 Å². The SMILES string of the molecule is C[P+](CCCC[P+](C)(c1ccccc1)c1ccccc1)(c1ccccc1)c1ccccc1. The lowest BCUT2D eigenvalue weighted by Gasteiger charge is -2.25. The Labute approximate surface area is 195 Å². The van der Waals surface area contributed by atoms with Gasteiger partial charge in [0.05, 0.1) is 61.4 Å². The first-order chi connectivity index (χ1) is 15.6. The highest BCUT2D eigenvalue weighted by molar-refractivity contribution is 7.89. The molecule has 0 heterocycles. The molecule has 0 aliphatic carbocycles. The minimum atomic E-state index is -1.39. The third-order valence-electron chi connectivity index (χ3n) is 6.76. The third-order valence-corrected chi connectivity index (χ3v) is 14.9. The molecule has 0 N–H and O–H groups in total. The number of benzene rings is 4. The molecule has 0 unspecified atom stereocenters. The van der Waals surface area contributed by atoms with E-state index in [4.69, 9.17) is 0 Å². The van der Waals surface area contributed by atoms with Crippen molar-refractivity contribution in [2.45, 2.75) is 12.8 Å². The second-order valence-electron chi connectivity index (χ2n) is 8.88. The maximum absolute atomic E-state index is 2.53. The molecule has 0 saturated carbocycles. The van der Waals surface area contributed by atoms with E-state index in [1.807, 2.05) is 0 Å². The molecule has 0 radical (unpaired) electrons. The Morgan fingerprint density at radius 2 is 0.594 bits per heavy atom. The highest BCUT2D eigenvalue weighted by Crippen LogP contribution is 2.56. The van der Waals surface area contributed by atoms with Gasteiger partial charge in [0.1, 0.15) is 0 Å². The summed E-state index contributed by atoms with van der Waals surface area (Å²) in [7, 11) is -2.78. The Kier molecular flexibility index (Phi) is 7.57. The van der Waals surface area contributed by atoms with Crippen LogP contribution in [-0.4, -0.2) is 25.7 Å². The van der Waals surface area contributed by atoms with Crippen LogP contribution in [0.15, 0.2) is 121 Å². The number of hydrogen-bond acceptors (Lipinski definition) is 0. The van der Waals surface area contributed by atoms with Crippen LogP contribution in [0, 0.1) is 0 Å². The maximum atomic E-state index is 2.53. The summed E-state index contributed by atoms with van der Waals surface area (Å²) in [6.07, 6.45) is 5.07. The summed E-state index contributed by atoms with van der Waals surface area (Å²) in [4.78, 5) is 0. The van der Waals surface area contributed by atoms with Crippen LogP contribution in [-0.2, 0) is 0 Å². The van der Waals surface area contributed by atoms with Gasteiger partial charge in [-0.2, -0.15) is 0 Å². The van der Waals surface area contributed by atoms with Crippen molar-refractivity contribution in [3.8, 4) is 0 Å². The number of hydrogen-bond donors (Lipinski definition) is 0. The zero-order chi connectivity index (χ0) is 22.3. The van der Waals surface area contributed by atoms with E-state index >= 15 is 0 Å². The van der Waals surface area contributed by atoms with Crippen LogP contribution < -0.4 is 21.2 Å². The first-order valence-corrected chi connectivity index (χ1v) is 16.4. The second-order valence-corrected chi connectivity index (χ2v) is 16.6. The van der Waals surface area contributed by atoms with Gasteiger partial charge >= 0.3 is 0 Å². The molecule has 4 rings (SSSR count). The van der Waals surface area contributed by atoms with E-state index in [1.54, 1.807) is 0 Å². The quantitative estimate of drug-likeness (QED) is 0.203. The summed E-state index contributed by atoms with van der Waals surface area (Å²) in [6.45, 7) is 5.06. The normalized spacial score (nSPS) is 11.9. The predicted octanol–water partition coefficient (Wildman–Crippen LogP) is 6.36. The van der Waals surface area contributed by atoms with Crippen molar-refractivity contribution in [2.75, 3.05) is 25.7 Å². The van der Waals surface area contributed by atoms with Crippen LogP contribution in [0.1, 0.15) is 12.8 Å². The molecule has 0 nitrogen and oxygen atoms in total. The summed E-state index contributed by atoms with van der Waals surface area (Å²) in [5.74, 6) is 0. The standard InChI is InChI=1S/C30H34P2/c1-31(27-17-7-3-8-18-27,28-19-9-4-10-20-28)25-15-16-26-32(2,29-21-11-5-12-22-29)30-23-13-6-14-24-30/h3-14,17-24H,15-16,25-26H2,1-2H3/q+2. The maximum Gasteiger partial charge on any atom is 0.0988 e. The fraction of sp³-hybridized carbons (Fsp3) is 0.200. The Hall–Kier alpha value is -2.26. The van der Waals surface area contributed by atoms with E-state index in [-0.39, 0.29) is 0 Å². The summed E-state index contributed by atoms with van der Waals surface area (Å²) in [5, 5.41) is 6.09. The molecule has 0 fully saturated rings. The molecule has 0 aromatic heterocycles. The molecular formula is C30H34P2+2. The van der Waals surface area contributed by atoms with Gasteiger partial charge in [0, 0.05) is 0 Å². The Morgan fingerprint density at radius 3 is 0.812 bits per heavy atom.